The van der Waals surface area contributed by atoms with Crippen LogP contribution in [0.25, 0.3) is 0 Å². The molecule has 0 aliphatic heterocycles. The molecule has 130 valence electrons. The van der Waals surface area contributed by atoms with Gasteiger partial charge in [0.1, 0.15) is 6.61 Å². The third kappa shape index (κ3) is 2.92. The SMILES string of the molecule is O=C(OCc1ccccc1)C1(C(F)(F)F)CCc2ccccc2C1=O. The van der Waals surface area contributed by atoms with Crippen molar-refractivity contribution in [3.05, 3.63) is 71.3 Å². The largest absolute Gasteiger partial charge is 0.460 e. The van der Waals surface area contributed by atoms with Crippen molar-refractivity contribution < 1.29 is 27.5 Å². The van der Waals surface area contributed by atoms with E-state index in [1.807, 2.05) is 0 Å². The number of ether oxygens (including phenoxy) is 1. The number of aryl methyl sites for hydroxylation is 1. The molecule has 2 aromatic rings. The molecule has 0 saturated carbocycles. The summed E-state index contributed by atoms with van der Waals surface area (Å²) in [4.78, 5) is 25.0. The summed E-state index contributed by atoms with van der Waals surface area (Å²) < 4.78 is 46.3. The van der Waals surface area contributed by atoms with Gasteiger partial charge in [-0.3, -0.25) is 9.59 Å². The van der Waals surface area contributed by atoms with Crippen molar-refractivity contribution >= 4 is 11.8 Å². The maximum Gasteiger partial charge on any atom is 0.412 e. The molecule has 1 aliphatic rings. The maximum atomic E-state index is 13.8. The van der Waals surface area contributed by atoms with Gasteiger partial charge in [-0.25, -0.2) is 0 Å². The molecule has 2 aromatic carbocycles. The van der Waals surface area contributed by atoms with Crippen LogP contribution in [0.5, 0.6) is 0 Å². The normalized spacial score (nSPS) is 20.0. The molecule has 0 saturated heterocycles. The summed E-state index contributed by atoms with van der Waals surface area (Å²) in [5.41, 5.74) is -2.14. The number of hydrogen-bond acceptors (Lipinski definition) is 3. The first-order chi connectivity index (χ1) is 11.9. The van der Waals surface area contributed by atoms with Gasteiger partial charge >= 0.3 is 12.1 Å². The molecule has 1 atom stereocenters. The Hall–Kier alpha value is -2.63. The molecule has 0 bridgehead atoms. The maximum absolute atomic E-state index is 13.8. The second kappa shape index (κ2) is 6.35. The van der Waals surface area contributed by atoms with Crippen molar-refractivity contribution in [2.45, 2.75) is 25.6 Å². The number of halogens is 3. The van der Waals surface area contributed by atoms with Crippen molar-refractivity contribution in [1.82, 2.24) is 0 Å². The Bertz CT molecular complexity index is 799. The summed E-state index contributed by atoms with van der Waals surface area (Å²) >= 11 is 0. The van der Waals surface area contributed by atoms with Gasteiger partial charge in [-0.15, -0.1) is 0 Å². The van der Waals surface area contributed by atoms with Crippen molar-refractivity contribution in [1.29, 1.82) is 0 Å². The number of esters is 1. The molecule has 0 spiro atoms. The first-order valence-electron chi connectivity index (χ1n) is 7.77. The number of rotatable bonds is 3. The number of carbonyl (C=O) groups is 2. The first kappa shape index (κ1) is 17.2. The van der Waals surface area contributed by atoms with Crippen LogP contribution in [0.4, 0.5) is 13.2 Å². The van der Waals surface area contributed by atoms with Gasteiger partial charge < -0.3 is 4.74 Å². The molecule has 0 aromatic heterocycles. The van der Waals surface area contributed by atoms with Crippen LogP contribution >= 0.6 is 0 Å². The molecule has 0 heterocycles. The van der Waals surface area contributed by atoms with E-state index in [9.17, 15) is 22.8 Å². The Morgan fingerprint density at radius 3 is 2.36 bits per heavy atom. The van der Waals surface area contributed by atoms with E-state index in [2.05, 4.69) is 0 Å². The predicted octanol–water partition coefficient (Wildman–Crippen LogP) is 4.11. The van der Waals surface area contributed by atoms with Crippen LogP contribution in [0.2, 0.25) is 0 Å². The Balaban J connectivity index is 1.93. The zero-order chi connectivity index (χ0) is 18.1. The number of hydrogen-bond donors (Lipinski definition) is 0. The number of carbonyl (C=O) groups excluding carboxylic acids is 2. The lowest BCUT2D eigenvalue weighted by atomic mass is 9.70. The van der Waals surface area contributed by atoms with Crippen molar-refractivity contribution in [3.8, 4) is 0 Å². The second-order valence-corrected chi connectivity index (χ2v) is 5.95. The minimum absolute atomic E-state index is 0.0120. The van der Waals surface area contributed by atoms with E-state index < -0.39 is 29.8 Å². The molecule has 25 heavy (non-hydrogen) atoms. The van der Waals surface area contributed by atoms with Crippen molar-refractivity contribution in [3.63, 3.8) is 0 Å². The van der Waals surface area contributed by atoms with E-state index in [4.69, 9.17) is 4.74 Å². The van der Waals surface area contributed by atoms with E-state index in [0.29, 0.717) is 11.1 Å². The average Bonchev–Trinajstić information content (AvgIpc) is 2.60. The van der Waals surface area contributed by atoms with E-state index in [-0.39, 0.29) is 18.6 Å². The third-order valence-corrected chi connectivity index (χ3v) is 4.46. The van der Waals surface area contributed by atoms with Gasteiger partial charge in [-0.1, -0.05) is 54.6 Å². The Morgan fingerprint density at radius 2 is 1.68 bits per heavy atom. The van der Waals surface area contributed by atoms with Gasteiger partial charge in [-0.05, 0) is 24.0 Å². The van der Waals surface area contributed by atoms with E-state index in [0.717, 1.165) is 0 Å². The Kier molecular flexibility index (Phi) is 4.37. The van der Waals surface area contributed by atoms with Crippen LogP contribution in [0, 0.1) is 5.41 Å². The predicted molar refractivity (Wildman–Crippen MR) is 83.8 cm³/mol. The summed E-state index contributed by atoms with van der Waals surface area (Å²) in [5.74, 6) is -2.77. The zero-order valence-corrected chi connectivity index (χ0v) is 13.2. The highest BCUT2D eigenvalue weighted by Crippen LogP contribution is 2.48. The van der Waals surface area contributed by atoms with Crippen LogP contribution in [0.1, 0.15) is 27.9 Å². The molecule has 1 aliphatic carbocycles. The molecule has 3 nitrogen and oxygen atoms in total. The fourth-order valence-electron chi connectivity index (χ4n) is 3.05. The summed E-state index contributed by atoms with van der Waals surface area (Å²) in [6.45, 7) is -0.313. The Labute approximate surface area is 142 Å². The van der Waals surface area contributed by atoms with Gasteiger partial charge in [-0.2, -0.15) is 13.2 Å². The highest BCUT2D eigenvalue weighted by molar-refractivity contribution is 6.14. The van der Waals surface area contributed by atoms with E-state index >= 15 is 0 Å². The molecule has 6 heteroatoms. The summed E-state index contributed by atoms with van der Waals surface area (Å²) in [7, 11) is 0. The molecule has 3 rings (SSSR count). The Morgan fingerprint density at radius 1 is 1.04 bits per heavy atom. The quantitative estimate of drug-likeness (QED) is 0.619. The third-order valence-electron chi connectivity index (χ3n) is 4.46. The van der Waals surface area contributed by atoms with Crippen LogP contribution < -0.4 is 0 Å². The lowest BCUT2D eigenvalue weighted by Gasteiger charge is -2.35. The van der Waals surface area contributed by atoms with Crippen molar-refractivity contribution in [2.75, 3.05) is 0 Å². The van der Waals surface area contributed by atoms with Crippen molar-refractivity contribution in [2.24, 2.45) is 5.41 Å². The molecule has 0 fully saturated rings. The molecule has 0 amide bonds. The molecular weight excluding hydrogens is 333 g/mol. The average molecular weight is 348 g/mol. The van der Waals surface area contributed by atoms with Gasteiger partial charge in [0.2, 0.25) is 5.41 Å². The topological polar surface area (TPSA) is 43.4 Å². The molecule has 0 radical (unpaired) electrons. The van der Waals surface area contributed by atoms with Crippen LogP contribution in [0.3, 0.4) is 0 Å². The number of fused-ring (bicyclic) bond motifs is 1. The summed E-state index contributed by atoms with van der Waals surface area (Å²) in [5, 5.41) is 0. The summed E-state index contributed by atoms with van der Waals surface area (Å²) in [6.07, 6.45) is -5.67. The smallest absolute Gasteiger partial charge is 0.412 e. The summed E-state index contributed by atoms with van der Waals surface area (Å²) in [6, 6.07) is 14.4. The number of ketones is 1. The van der Waals surface area contributed by atoms with Gasteiger partial charge in [0.05, 0.1) is 0 Å². The van der Waals surface area contributed by atoms with E-state index in [1.165, 1.54) is 12.1 Å². The first-order valence-corrected chi connectivity index (χ1v) is 7.77. The molecule has 1 unspecified atom stereocenters. The fraction of sp³-hybridized carbons (Fsp3) is 0.263. The highest BCUT2D eigenvalue weighted by Gasteiger charge is 2.67. The molecule has 0 N–H and O–H groups in total. The number of Topliss-reactive ketones (excluding diaryl/α,β-unsaturated/α-hetero) is 1. The monoisotopic (exact) mass is 348 g/mol. The molecular formula is C19H15F3O3. The van der Waals surface area contributed by atoms with Crippen LogP contribution in [0.15, 0.2) is 54.6 Å². The lowest BCUT2D eigenvalue weighted by molar-refractivity contribution is -0.222. The fourth-order valence-corrected chi connectivity index (χ4v) is 3.05. The minimum atomic E-state index is -5.02. The number of alkyl halides is 3. The second-order valence-electron chi connectivity index (χ2n) is 5.95. The number of benzene rings is 2. The van der Waals surface area contributed by atoms with Crippen LogP contribution in [-0.4, -0.2) is 17.9 Å². The van der Waals surface area contributed by atoms with Gasteiger partial charge in [0, 0.05) is 5.56 Å². The standard InChI is InChI=1S/C19H15F3O3/c20-19(21,22)18(17(24)25-12-13-6-2-1-3-7-13)11-10-14-8-4-5-9-15(14)16(18)23/h1-9H,10-12H2. The zero-order valence-electron chi connectivity index (χ0n) is 13.2. The van der Waals surface area contributed by atoms with Gasteiger partial charge in [0.15, 0.2) is 5.78 Å². The van der Waals surface area contributed by atoms with E-state index in [1.54, 1.807) is 42.5 Å². The van der Waals surface area contributed by atoms with Crippen LogP contribution in [-0.2, 0) is 22.6 Å². The minimum Gasteiger partial charge on any atom is -0.460 e. The highest BCUT2D eigenvalue weighted by atomic mass is 19.4. The van der Waals surface area contributed by atoms with Gasteiger partial charge in [0.25, 0.3) is 0 Å². The lowest BCUT2D eigenvalue weighted by Crippen LogP contribution is -2.54.